The molecule has 0 spiro atoms. The summed E-state index contributed by atoms with van der Waals surface area (Å²) in [6, 6.07) is 6.35. The van der Waals surface area contributed by atoms with Crippen molar-refractivity contribution in [3.05, 3.63) is 45.9 Å². The minimum absolute atomic E-state index is 0.0140. The number of anilines is 1. The van der Waals surface area contributed by atoms with Crippen LogP contribution in [0.3, 0.4) is 0 Å². The second-order valence-electron chi connectivity index (χ2n) is 6.02. The van der Waals surface area contributed by atoms with Crippen molar-refractivity contribution in [2.75, 3.05) is 25.7 Å². The Morgan fingerprint density at radius 2 is 2.19 bits per heavy atom. The molecule has 0 saturated heterocycles. The van der Waals surface area contributed by atoms with Gasteiger partial charge in [0.25, 0.3) is 11.5 Å². The molecule has 1 aliphatic rings. The van der Waals surface area contributed by atoms with Crippen LogP contribution in [0.25, 0.3) is 0 Å². The van der Waals surface area contributed by atoms with E-state index in [9.17, 15) is 14.4 Å². The molecule has 142 valence electrons. The van der Waals surface area contributed by atoms with Crippen LogP contribution in [0.15, 0.2) is 34.2 Å². The Morgan fingerprint density at radius 1 is 1.41 bits per heavy atom. The molecule has 1 atom stereocenters. The van der Waals surface area contributed by atoms with E-state index in [0.29, 0.717) is 27.9 Å². The number of nitrogens with zero attached hydrogens (tertiary/aromatic N) is 2. The molecule has 1 N–H and O–H groups in total. The predicted molar refractivity (Wildman–Crippen MR) is 101 cm³/mol. The van der Waals surface area contributed by atoms with Gasteiger partial charge in [-0.25, -0.2) is 4.98 Å². The average Bonchev–Trinajstić information content (AvgIpc) is 2.63. The first-order chi connectivity index (χ1) is 12.9. The number of hydrogen-bond acceptors (Lipinski definition) is 7. The van der Waals surface area contributed by atoms with Crippen molar-refractivity contribution in [1.82, 2.24) is 9.97 Å². The number of aromatic nitrogens is 2. The third-order valence-corrected chi connectivity index (χ3v) is 5.04. The van der Waals surface area contributed by atoms with E-state index in [1.807, 2.05) is 0 Å². The van der Waals surface area contributed by atoms with Gasteiger partial charge in [0.05, 0.1) is 23.2 Å². The lowest BCUT2D eigenvalue weighted by molar-refractivity contribution is -0.120. The van der Waals surface area contributed by atoms with Gasteiger partial charge in [0.15, 0.2) is 17.5 Å². The summed E-state index contributed by atoms with van der Waals surface area (Å²) in [6.45, 7) is 1.94. The summed E-state index contributed by atoms with van der Waals surface area (Å²) in [5, 5.41) is -0.140. The Morgan fingerprint density at radius 3 is 2.93 bits per heavy atom. The third kappa shape index (κ3) is 4.20. The molecular formula is C18H19N3O5S. The predicted octanol–water partition coefficient (Wildman–Crippen LogP) is 1.63. The van der Waals surface area contributed by atoms with Crippen LogP contribution in [0.1, 0.15) is 23.0 Å². The molecule has 1 unspecified atom stereocenters. The van der Waals surface area contributed by atoms with Crippen LogP contribution in [-0.2, 0) is 16.1 Å². The number of ether oxygens (including phenoxy) is 2. The molecule has 2 aromatic rings. The van der Waals surface area contributed by atoms with Crippen LogP contribution in [-0.4, -0.2) is 47.7 Å². The lowest BCUT2D eigenvalue weighted by Gasteiger charge is -2.26. The molecule has 0 fully saturated rings. The number of carbonyl (C=O) groups excluding carboxylic acids is 2. The minimum Gasteiger partial charge on any atom is -0.482 e. The topological polar surface area (TPSA) is 102 Å². The number of benzene rings is 1. The normalized spacial score (nSPS) is 14.5. The first-order valence-electron chi connectivity index (χ1n) is 8.22. The van der Waals surface area contributed by atoms with Crippen molar-refractivity contribution in [3.63, 3.8) is 0 Å². The van der Waals surface area contributed by atoms with Crippen LogP contribution < -0.4 is 15.2 Å². The van der Waals surface area contributed by atoms with Crippen molar-refractivity contribution in [2.24, 2.45) is 0 Å². The van der Waals surface area contributed by atoms with Gasteiger partial charge in [0.1, 0.15) is 5.75 Å². The summed E-state index contributed by atoms with van der Waals surface area (Å²) in [6.07, 6.45) is 0. The zero-order valence-corrected chi connectivity index (χ0v) is 16.0. The number of fused-ring (bicyclic) bond motifs is 1. The molecule has 1 aliphatic heterocycles. The highest BCUT2D eigenvalue weighted by Gasteiger charge is 2.25. The van der Waals surface area contributed by atoms with Gasteiger partial charge in [0.2, 0.25) is 0 Å². The first kappa shape index (κ1) is 19.1. The summed E-state index contributed by atoms with van der Waals surface area (Å²) in [5.41, 5.74) is 1.21. The average molecular weight is 389 g/mol. The van der Waals surface area contributed by atoms with Gasteiger partial charge in [-0.15, -0.1) is 0 Å². The van der Waals surface area contributed by atoms with Crippen LogP contribution in [0, 0.1) is 0 Å². The first-order valence-corrected chi connectivity index (χ1v) is 9.10. The molecule has 2 heterocycles. The quantitative estimate of drug-likeness (QED) is 0.455. The second kappa shape index (κ2) is 7.93. The van der Waals surface area contributed by atoms with Crippen molar-refractivity contribution in [2.45, 2.75) is 23.9 Å². The van der Waals surface area contributed by atoms with Gasteiger partial charge in [-0.05, 0) is 25.1 Å². The Kier molecular flexibility index (Phi) is 5.62. The number of rotatable bonds is 6. The van der Waals surface area contributed by atoms with Gasteiger partial charge in [-0.2, -0.15) is 0 Å². The zero-order valence-electron chi connectivity index (χ0n) is 15.1. The van der Waals surface area contributed by atoms with Crippen LogP contribution >= 0.6 is 11.8 Å². The molecule has 27 heavy (non-hydrogen) atoms. The highest BCUT2D eigenvalue weighted by molar-refractivity contribution is 8.00. The zero-order chi connectivity index (χ0) is 19.6. The standard InChI is InChI=1S/C18H19N3O5S/c1-10(27-18-19-12(8-25-3)7-15(22)20-18)17(24)11-4-5-14-13(6-11)21(2)16(23)9-26-14/h4-7,10H,8-9H2,1-3H3,(H,19,20,22). The number of H-pyrrole nitrogens is 1. The second-order valence-corrected chi connectivity index (χ2v) is 7.35. The Labute approximate surface area is 159 Å². The summed E-state index contributed by atoms with van der Waals surface area (Å²) in [4.78, 5) is 44.7. The molecule has 8 nitrogen and oxygen atoms in total. The number of Topliss-reactive ketones (excluding diaryl/α,β-unsaturated/α-hetero) is 1. The van der Waals surface area contributed by atoms with E-state index in [0.717, 1.165) is 11.8 Å². The van der Waals surface area contributed by atoms with E-state index in [-0.39, 0.29) is 30.5 Å². The van der Waals surface area contributed by atoms with Crippen LogP contribution in [0.5, 0.6) is 5.75 Å². The van der Waals surface area contributed by atoms with E-state index in [1.54, 1.807) is 32.2 Å². The van der Waals surface area contributed by atoms with Gasteiger partial charge in [-0.3, -0.25) is 14.4 Å². The fourth-order valence-electron chi connectivity index (χ4n) is 2.64. The largest absolute Gasteiger partial charge is 0.482 e. The number of likely N-dealkylation sites (N-methyl/N-ethyl adjacent to an activating group) is 1. The molecule has 0 saturated carbocycles. The molecule has 0 bridgehead atoms. The number of carbonyl (C=O) groups is 2. The molecule has 0 radical (unpaired) electrons. The molecule has 1 amide bonds. The van der Waals surface area contributed by atoms with Crippen molar-refractivity contribution >= 4 is 29.1 Å². The van der Waals surface area contributed by atoms with E-state index >= 15 is 0 Å². The lowest BCUT2D eigenvalue weighted by Crippen LogP contribution is -2.35. The lowest BCUT2D eigenvalue weighted by atomic mass is 10.1. The van der Waals surface area contributed by atoms with Gasteiger partial charge < -0.3 is 19.4 Å². The number of nitrogens with one attached hydrogen (secondary N) is 1. The molecule has 3 rings (SSSR count). The smallest absolute Gasteiger partial charge is 0.264 e. The number of amides is 1. The summed E-state index contributed by atoms with van der Waals surface area (Å²) >= 11 is 1.16. The molecule has 1 aromatic carbocycles. The van der Waals surface area contributed by atoms with E-state index in [2.05, 4.69) is 9.97 Å². The Bertz CT molecular complexity index is 943. The molecule has 9 heteroatoms. The highest BCUT2D eigenvalue weighted by Crippen LogP contribution is 2.33. The summed E-state index contributed by atoms with van der Waals surface area (Å²) < 4.78 is 10.4. The van der Waals surface area contributed by atoms with E-state index < -0.39 is 5.25 Å². The van der Waals surface area contributed by atoms with Crippen molar-refractivity contribution < 1.29 is 19.1 Å². The maximum absolute atomic E-state index is 12.8. The fraction of sp³-hybridized carbons (Fsp3) is 0.333. The summed E-state index contributed by atoms with van der Waals surface area (Å²) in [7, 11) is 3.16. The highest BCUT2D eigenvalue weighted by atomic mass is 32.2. The van der Waals surface area contributed by atoms with Gasteiger partial charge in [0, 0.05) is 25.8 Å². The fourth-order valence-corrected chi connectivity index (χ4v) is 3.55. The number of methoxy groups -OCH3 is 1. The number of ketones is 1. The SMILES string of the molecule is COCc1cc(=O)[nH]c(SC(C)C(=O)c2ccc3c(c2)N(C)C(=O)CO3)n1. The van der Waals surface area contributed by atoms with Crippen LogP contribution in [0.4, 0.5) is 5.69 Å². The Balaban J connectivity index is 1.80. The Hall–Kier alpha value is -2.65. The van der Waals surface area contributed by atoms with E-state index in [4.69, 9.17) is 9.47 Å². The maximum Gasteiger partial charge on any atom is 0.264 e. The van der Waals surface area contributed by atoms with E-state index in [1.165, 1.54) is 18.1 Å². The van der Waals surface area contributed by atoms with Crippen molar-refractivity contribution in [3.8, 4) is 5.75 Å². The third-order valence-electron chi connectivity index (χ3n) is 4.05. The molecule has 0 aliphatic carbocycles. The summed E-state index contributed by atoms with van der Waals surface area (Å²) in [5.74, 6) is 0.243. The van der Waals surface area contributed by atoms with Gasteiger partial charge in [-0.1, -0.05) is 11.8 Å². The number of hydrogen-bond donors (Lipinski definition) is 1. The van der Waals surface area contributed by atoms with Gasteiger partial charge >= 0.3 is 0 Å². The van der Waals surface area contributed by atoms with Crippen LogP contribution in [0.2, 0.25) is 0 Å². The monoisotopic (exact) mass is 389 g/mol. The molecule has 1 aromatic heterocycles. The number of aromatic amines is 1. The maximum atomic E-state index is 12.8. The number of thioether (sulfide) groups is 1. The van der Waals surface area contributed by atoms with Crippen molar-refractivity contribution in [1.29, 1.82) is 0 Å². The minimum atomic E-state index is -0.491. The molecular weight excluding hydrogens is 370 g/mol.